The van der Waals surface area contributed by atoms with Crippen molar-refractivity contribution >= 4 is 21.6 Å². The van der Waals surface area contributed by atoms with E-state index in [4.69, 9.17) is 0 Å². The molecule has 0 bridgehead atoms. The maximum Gasteiger partial charge on any atom is 0.228 e. The Bertz CT molecular complexity index is 670. The van der Waals surface area contributed by atoms with Gasteiger partial charge in [0.15, 0.2) is 0 Å². The number of anilines is 1. The van der Waals surface area contributed by atoms with Crippen LogP contribution < -0.4 is 5.32 Å². The molecule has 1 fully saturated rings. The molecule has 1 saturated heterocycles. The lowest BCUT2D eigenvalue weighted by molar-refractivity contribution is -0.120. The van der Waals surface area contributed by atoms with Crippen molar-refractivity contribution in [2.75, 3.05) is 24.2 Å². The molecule has 1 unspecified atom stereocenters. The third-order valence-electron chi connectivity index (χ3n) is 4.26. The van der Waals surface area contributed by atoms with Crippen LogP contribution in [0, 0.1) is 19.8 Å². The normalized spacial score (nSPS) is 19.5. The molecule has 6 heteroatoms. The van der Waals surface area contributed by atoms with Gasteiger partial charge in [-0.1, -0.05) is 19.1 Å². The van der Waals surface area contributed by atoms with Gasteiger partial charge >= 0.3 is 0 Å². The number of nitrogens with zero attached hydrogens (tertiary/aromatic N) is 1. The molecule has 1 aromatic carbocycles. The van der Waals surface area contributed by atoms with Crippen molar-refractivity contribution in [2.24, 2.45) is 5.92 Å². The number of amides is 1. The monoisotopic (exact) mass is 338 g/mol. The minimum absolute atomic E-state index is 0.0879. The Hall–Kier alpha value is -1.40. The molecule has 2 rings (SSSR count). The molecule has 0 saturated carbocycles. The van der Waals surface area contributed by atoms with E-state index < -0.39 is 10.0 Å². The average Bonchev–Trinajstić information content (AvgIpc) is 2.51. The van der Waals surface area contributed by atoms with Crippen LogP contribution in [0.25, 0.3) is 0 Å². The highest BCUT2D eigenvalue weighted by Gasteiger charge is 2.31. The van der Waals surface area contributed by atoms with Crippen LogP contribution >= 0.6 is 0 Å². The number of rotatable bonds is 5. The predicted octanol–water partition coefficient (Wildman–Crippen LogP) is 2.69. The first kappa shape index (κ1) is 17.9. The number of hydrogen-bond acceptors (Lipinski definition) is 3. The highest BCUT2D eigenvalue weighted by Crippen LogP contribution is 2.23. The molecule has 128 valence electrons. The molecule has 5 nitrogen and oxygen atoms in total. The molecule has 0 aliphatic carbocycles. The molecule has 1 atom stereocenters. The fraction of sp³-hybridized carbons (Fsp3) is 0.588. The third kappa shape index (κ3) is 4.54. The van der Waals surface area contributed by atoms with Crippen molar-refractivity contribution in [3.8, 4) is 0 Å². The number of sulfonamides is 1. The topological polar surface area (TPSA) is 66.5 Å². The van der Waals surface area contributed by atoms with Gasteiger partial charge in [0.05, 0.1) is 11.7 Å². The van der Waals surface area contributed by atoms with Crippen LogP contribution in [0.5, 0.6) is 0 Å². The number of carbonyl (C=O) groups excluding carboxylic acids is 1. The molecule has 1 aliphatic heterocycles. The van der Waals surface area contributed by atoms with E-state index in [-0.39, 0.29) is 17.6 Å². The molecule has 0 spiro atoms. The van der Waals surface area contributed by atoms with E-state index in [9.17, 15) is 13.2 Å². The van der Waals surface area contributed by atoms with Gasteiger partial charge < -0.3 is 5.32 Å². The van der Waals surface area contributed by atoms with Crippen LogP contribution in [0.1, 0.15) is 37.3 Å². The summed E-state index contributed by atoms with van der Waals surface area (Å²) in [6.45, 7) is 6.60. The highest BCUT2D eigenvalue weighted by atomic mass is 32.2. The minimum atomic E-state index is -3.23. The predicted molar refractivity (Wildman–Crippen MR) is 92.9 cm³/mol. The third-order valence-corrected chi connectivity index (χ3v) is 6.30. The average molecular weight is 338 g/mol. The number of nitrogens with one attached hydrogen (secondary N) is 1. The molecule has 1 N–H and O–H groups in total. The van der Waals surface area contributed by atoms with Crippen molar-refractivity contribution in [3.05, 3.63) is 29.3 Å². The summed E-state index contributed by atoms with van der Waals surface area (Å²) in [5.74, 6) is -0.219. The zero-order chi connectivity index (χ0) is 17.0. The fourth-order valence-corrected chi connectivity index (χ4v) is 4.49. The number of piperidine rings is 1. The smallest absolute Gasteiger partial charge is 0.228 e. The Balaban J connectivity index is 2.06. The van der Waals surface area contributed by atoms with E-state index in [2.05, 4.69) is 5.32 Å². The second-order valence-electron chi connectivity index (χ2n) is 6.32. The zero-order valence-electron chi connectivity index (χ0n) is 14.1. The summed E-state index contributed by atoms with van der Waals surface area (Å²) in [7, 11) is -3.23. The second-order valence-corrected chi connectivity index (χ2v) is 8.41. The van der Waals surface area contributed by atoms with E-state index >= 15 is 0 Å². The van der Waals surface area contributed by atoms with Gasteiger partial charge in [-0.05, 0) is 50.3 Å². The Kier molecular flexibility index (Phi) is 5.81. The maximum atomic E-state index is 12.5. The maximum absolute atomic E-state index is 12.5. The van der Waals surface area contributed by atoms with E-state index in [1.54, 1.807) is 0 Å². The van der Waals surface area contributed by atoms with Crippen LogP contribution in [0.3, 0.4) is 0 Å². The van der Waals surface area contributed by atoms with E-state index in [1.165, 1.54) is 4.31 Å². The van der Waals surface area contributed by atoms with Gasteiger partial charge in [-0.2, -0.15) is 0 Å². The van der Waals surface area contributed by atoms with Gasteiger partial charge in [-0.15, -0.1) is 0 Å². The SMILES string of the molecule is CCCS(=O)(=O)N1CCCC(C(=O)Nc2cc(C)ccc2C)C1. The quantitative estimate of drug-likeness (QED) is 0.897. The number of hydrogen-bond donors (Lipinski definition) is 1. The van der Waals surface area contributed by atoms with E-state index in [0.717, 1.165) is 29.7 Å². The van der Waals surface area contributed by atoms with Crippen LogP contribution in [-0.2, 0) is 14.8 Å². The lowest BCUT2D eigenvalue weighted by Crippen LogP contribution is -2.44. The Morgan fingerprint density at radius 1 is 1.35 bits per heavy atom. The van der Waals surface area contributed by atoms with Crippen molar-refractivity contribution in [2.45, 2.75) is 40.0 Å². The molecule has 1 aromatic rings. The van der Waals surface area contributed by atoms with Crippen molar-refractivity contribution in [1.82, 2.24) is 4.31 Å². The molecule has 23 heavy (non-hydrogen) atoms. The van der Waals surface area contributed by atoms with Crippen molar-refractivity contribution in [3.63, 3.8) is 0 Å². The summed E-state index contributed by atoms with van der Waals surface area (Å²) in [4.78, 5) is 12.5. The number of aryl methyl sites for hydroxylation is 2. The summed E-state index contributed by atoms with van der Waals surface area (Å²) in [6.07, 6.45) is 2.06. The first-order chi connectivity index (χ1) is 10.8. The standard InChI is InChI=1S/C17H26N2O3S/c1-4-10-23(21,22)19-9-5-6-15(12-19)17(20)18-16-11-13(2)7-8-14(16)3/h7-8,11,15H,4-6,9-10,12H2,1-3H3,(H,18,20). The Morgan fingerprint density at radius 3 is 2.78 bits per heavy atom. The largest absolute Gasteiger partial charge is 0.326 e. The second kappa shape index (κ2) is 7.45. The first-order valence-electron chi connectivity index (χ1n) is 8.19. The number of carbonyl (C=O) groups is 1. The van der Waals surface area contributed by atoms with Crippen LogP contribution in [-0.4, -0.2) is 37.5 Å². The highest BCUT2D eigenvalue weighted by molar-refractivity contribution is 7.89. The molecular weight excluding hydrogens is 312 g/mol. The van der Waals surface area contributed by atoms with Gasteiger partial charge in [0.1, 0.15) is 0 Å². The Labute approximate surface area is 139 Å². The van der Waals surface area contributed by atoms with Gasteiger partial charge in [-0.25, -0.2) is 12.7 Å². The van der Waals surface area contributed by atoms with Gasteiger partial charge in [0.2, 0.25) is 15.9 Å². The molecule has 1 heterocycles. The zero-order valence-corrected chi connectivity index (χ0v) is 14.9. The van der Waals surface area contributed by atoms with Crippen molar-refractivity contribution in [1.29, 1.82) is 0 Å². The summed E-state index contributed by atoms with van der Waals surface area (Å²) in [5.41, 5.74) is 2.90. The molecule has 0 aromatic heterocycles. The summed E-state index contributed by atoms with van der Waals surface area (Å²) < 4.78 is 25.9. The van der Waals surface area contributed by atoms with Gasteiger partial charge in [-0.3, -0.25) is 4.79 Å². The van der Waals surface area contributed by atoms with Gasteiger partial charge in [0.25, 0.3) is 0 Å². The minimum Gasteiger partial charge on any atom is -0.326 e. The summed E-state index contributed by atoms with van der Waals surface area (Å²) >= 11 is 0. The number of benzene rings is 1. The van der Waals surface area contributed by atoms with Crippen LogP contribution in [0.15, 0.2) is 18.2 Å². The van der Waals surface area contributed by atoms with Gasteiger partial charge in [0, 0.05) is 18.8 Å². The summed E-state index contributed by atoms with van der Waals surface area (Å²) in [6, 6.07) is 5.93. The van der Waals surface area contributed by atoms with Crippen LogP contribution in [0.2, 0.25) is 0 Å². The Morgan fingerprint density at radius 2 is 2.09 bits per heavy atom. The lowest BCUT2D eigenvalue weighted by atomic mass is 9.98. The molecule has 0 radical (unpaired) electrons. The molecular formula is C17H26N2O3S. The van der Waals surface area contributed by atoms with E-state index in [0.29, 0.717) is 19.5 Å². The fourth-order valence-electron chi connectivity index (χ4n) is 2.90. The molecule has 1 aliphatic rings. The lowest BCUT2D eigenvalue weighted by Gasteiger charge is -2.31. The van der Waals surface area contributed by atoms with Crippen LogP contribution in [0.4, 0.5) is 5.69 Å². The van der Waals surface area contributed by atoms with Crippen molar-refractivity contribution < 1.29 is 13.2 Å². The first-order valence-corrected chi connectivity index (χ1v) is 9.80. The summed E-state index contributed by atoms with van der Waals surface area (Å²) in [5, 5.41) is 2.96. The molecule has 1 amide bonds. The van der Waals surface area contributed by atoms with E-state index in [1.807, 2.05) is 39.0 Å².